The third-order valence-electron chi connectivity index (χ3n) is 4.36. The molecule has 8 heteroatoms. The Balaban J connectivity index is 0.00000261. The molecule has 3 rings (SSSR count). The summed E-state index contributed by atoms with van der Waals surface area (Å²) in [5, 5.41) is 11.1. The van der Waals surface area contributed by atoms with Gasteiger partial charge in [-0.05, 0) is 39.3 Å². The first-order chi connectivity index (χ1) is 12.6. The molecule has 0 aliphatic carbocycles. The highest BCUT2D eigenvalue weighted by molar-refractivity contribution is 14.0. The standard InChI is InChI=1S/C19H28N6O.HI/c1-4-20-19(24-16-7-10-18-22-13-23-25(18)12-16)21-11-15(3)26-17-8-5-14(2)6-9-17;/h5-6,8-9,13,15-16H,4,7,10-12H2,1-3H3,(H2,20,21,24);1H. The maximum atomic E-state index is 5.94. The summed E-state index contributed by atoms with van der Waals surface area (Å²) in [5.74, 6) is 2.76. The predicted molar refractivity (Wildman–Crippen MR) is 118 cm³/mol. The number of nitrogens with zero attached hydrogens (tertiary/aromatic N) is 4. The summed E-state index contributed by atoms with van der Waals surface area (Å²) >= 11 is 0. The average Bonchev–Trinajstić information content (AvgIpc) is 3.10. The number of benzene rings is 1. The number of guanidine groups is 1. The fraction of sp³-hybridized carbons (Fsp3) is 0.526. The molecule has 0 radical (unpaired) electrons. The van der Waals surface area contributed by atoms with Gasteiger partial charge in [0.1, 0.15) is 24.0 Å². The van der Waals surface area contributed by atoms with Crippen LogP contribution in [-0.4, -0.2) is 46.0 Å². The second-order valence-corrected chi connectivity index (χ2v) is 6.70. The Labute approximate surface area is 178 Å². The van der Waals surface area contributed by atoms with Crippen molar-refractivity contribution in [3.63, 3.8) is 0 Å². The van der Waals surface area contributed by atoms with E-state index in [0.717, 1.165) is 43.5 Å². The lowest BCUT2D eigenvalue weighted by Gasteiger charge is -2.25. The maximum Gasteiger partial charge on any atom is 0.191 e. The van der Waals surface area contributed by atoms with Crippen LogP contribution in [0.25, 0.3) is 0 Å². The molecule has 0 fully saturated rings. The van der Waals surface area contributed by atoms with Crippen LogP contribution >= 0.6 is 24.0 Å². The van der Waals surface area contributed by atoms with Gasteiger partial charge >= 0.3 is 0 Å². The van der Waals surface area contributed by atoms with Gasteiger partial charge in [0.25, 0.3) is 0 Å². The first-order valence-electron chi connectivity index (χ1n) is 9.29. The maximum absolute atomic E-state index is 5.94. The molecule has 7 nitrogen and oxygen atoms in total. The largest absolute Gasteiger partial charge is 0.489 e. The number of aromatic nitrogens is 3. The summed E-state index contributed by atoms with van der Waals surface area (Å²) in [6, 6.07) is 8.40. The van der Waals surface area contributed by atoms with Gasteiger partial charge in [-0.25, -0.2) is 14.7 Å². The van der Waals surface area contributed by atoms with Crippen molar-refractivity contribution in [3.8, 4) is 5.75 Å². The van der Waals surface area contributed by atoms with Crippen LogP contribution in [0.4, 0.5) is 0 Å². The number of nitrogens with one attached hydrogen (secondary N) is 2. The normalized spacial score (nSPS) is 17.4. The molecule has 0 saturated carbocycles. The van der Waals surface area contributed by atoms with E-state index in [1.165, 1.54) is 5.56 Å². The van der Waals surface area contributed by atoms with E-state index in [0.29, 0.717) is 12.6 Å². The van der Waals surface area contributed by atoms with E-state index in [-0.39, 0.29) is 30.1 Å². The molecule has 1 aliphatic heterocycles. The van der Waals surface area contributed by atoms with Gasteiger partial charge in [0.15, 0.2) is 5.96 Å². The van der Waals surface area contributed by atoms with Crippen molar-refractivity contribution in [3.05, 3.63) is 42.0 Å². The number of aliphatic imine (C=N–C) groups is 1. The molecule has 2 heterocycles. The molecular formula is C19H29IN6O. The van der Waals surface area contributed by atoms with E-state index in [1.807, 2.05) is 23.7 Å². The van der Waals surface area contributed by atoms with Gasteiger partial charge in [-0.15, -0.1) is 24.0 Å². The van der Waals surface area contributed by atoms with E-state index in [9.17, 15) is 0 Å². The molecule has 0 saturated heterocycles. The summed E-state index contributed by atoms with van der Waals surface area (Å²) in [5.41, 5.74) is 1.23. The first kappa shape index (κ1) is 21.5. The smallest absolute Gasteiger partial charge is 0.191 e. The van der Waals surface area contributed by atoms with Crippen LogP contribution in [0.5, 0.6) is 5.75 Å². The minimum absolute atomic E-state index is 0. The molecule has 27 heavy (non-hydrogen) atoms. The topological polar surface area (TPSA) is 76.4 Å². The number of aryl methyl sites for hydroxylation is 2. The number of hydrogen-bond donors (Lipinski definition) is 2. The van der Waals surface area contributed by atoms with E-state index in [1.54, 1.807) is 6.33 Å². The first-order valence-corrected chi connectivity index (χ1v) is 9.29. The summed E-state index contributed by atoms with van der Waals surface area (Å²) < 4.78 is 7.91. The molecule has 2 N–H and O–H groups in total. The van der Waals surface area contributed by atoms with Gasteiger partial charge in [-0.2, -0.15) is 5.10 Å². The van der Waals surface area contributed by atoms with E-state index >= 15 is 0 Å². The zero-order valence-corrected chi connectivity index (χ0v) is 18.5. The summed E-state index contributed by atoms with van der Waals surface area (Å²) in [7, 11) is 0. The van der Waals surface area contributed by atoms with Crippen LogP contribution < -0.4 is 15.4 Å². The summed E-state index contributed by atoms with van der Waals surface area (Å²) in [4.78, 5) is 8.96. The quantitative estimate of drug-likeness (QED) is 0.375. The van der Waals surface area contributed by atoms with Gasteiger partial charge in [-0.3, -0.25) is 0 Å². The highest BCUT2D eigenvalue weighted by Crippen LogP contribution is 2.14. The Morgan fingerprint density at radius 1 is 1.37 bits per heavy atom. The number of ether oxygens (including phenoxy) is 1. The minimum Gasteiger partial charge on any atom is -0.489 e. The van der Waals surface area contributed by atoms with E-state index < -0.39 is 0 Å². The number of halogens is 1. The van der Waals surface area contributed by atoms with Crippen LogP contribution in [0.1, 0.15) is 31.7 Å². The zero-order valence-electron chi connectivity index (χ0n) is 16.2. The van der Waals surface area contributed by atoms with Crippen molar-refractivity contribution in [1.82, 2.24) is 25.4 Å². The fourth-order valence-corrected chi connectivity index (χ4v) is 2.98. The highest BCUT2D eigenvalue weighted by Gasteiger charge is 2.20. The SMILES string of the molecule is CCNC(=NCC(C)Oc1ccc(C)cc1)NC1CCc2ncnn2C1.I. The predicted octanol–water partition coefficient (Wildman–Crippen LogP) is 2.54. The van der Waals surface area contributed by atoms with E-state index in [4.69, 9.17) is 4.74 Å². The van der Waals surface area contributed by atoms with E-state index in [2.05, 4.69) is 51.7 Å². The van der Waals surface area contributed by atoms with Gasteiger partial charge in [0, 0.05) is 19.0 Å². The third kappa shape index (κ3) is 6.37. The zero-order chi connectivity index (χ0) is 18.4. The number of hydrogen-bond acceptors (Lipinski definition) is 4. The van der Waals surface area contributed by atoms with Crippen LogP contribution in [-0.2, 0) is 13.0 Å². The Bertz CT molecular complexity index is 730. The van der Waals surface area contributed by atoms with Gasteiger partial charge in [0.05, 0.1) is 13.1 Å². The Kier molecular flexibility index (Phi) is 8.33. The molecule has 0 amide bonds. The lowest BCUT2D eigenvalue weighted by molar-refractivity contribution is 0.230. The molecular weight excluding hydrogens is 455 g/mol. The van der Waals surface area contributed by atoms with Crippen molar-refractivity contribution in [1.29, 1.82) is 0 Å². The second-order valence-electron chi connectivity index (χ2n) is 6.70. The molecule has 0 spiro atoms. The fourth-order valence-electron chi connectivity index (χ4n) is 2.98. The lowest BCUT2D eigenvalue weighted by Crippen LogP contribution is -2.47. The summed E-state index contributed by atoms with van der Waals surface area (Å²) in [6.45, 7) is 8.40. The van der Waals surface area contributed by atoms with Gasteiger partial charge in [0.2, 0.25) is 0 Å². The Morgan fingerprint density at radius 3 is 2.89 bits per heavy atom. The van der Waals surface area contributed by atoms with Crippen molar-refractivity contribution >= 4 is 29.9 Å². The van der Waals surface area contributed by atoms with Crippen molar-refractivity contribution in [2.45, 2.75) is 52.3 Å². The van der Waals surface area contributed by atoms with Crippen LogP contribution in [0.3, 0.4) is 0 Å². The molecule has 0 bridgehead atoms. The molecule has 2 unspecified atom stereocenters. The lowest BCUT2D eigenvalue weighted by atomic mass is 10.1. The average molecular weight is 484 g/mol. The van der Waals surface area contributed by atoms with Crippen LogP contribution in [0.2, 0.25) is 0 Å². The summed E-state index contributed by atoms with van der Waals surface area (Å²) in [6.07, 6.45) is 3.59. The molecule has 148 valence electrons. The second kappa shape index (κ2) is 10.5. The Hall–Kier alpha value is -1.84. The highest BCUT2D eigenvalue weighted by atomic mass is 127. The van der Waals surface area contributed by atoms with Crippen molar-refractivity contribution < 1.29 is 4.74 Å². The van der Waals surface area contributed by atoms with Gasteiger partial charge < -0.3 is 15.4 Å². The van der Waals surface area contributed by atoms with Crippen molar-refractivity contribution in [2.24, 2.45) is 4.99 Å². The number of fused-ring (bicyclic) bond motifs is 1. The molecule has 1 aromatic carbocycles. The van der Waals surface area contributed by atoms with Gasteiger partial charge in [-0.1, -0.05) is 17.7 Å². The minimum atomic E-state index is 0. The van der Waals surface area contributed by atoms with Crippen LogP contribution in [0, 0.1) is 6.92 Å². The molecule has 2 atom stereocenters. The number of rotatable bonds is 6. The molecule has 1 aromatic heterocycles. The Morgan fingerprint density at radius 2 is 2.15 bits per heavy atom. The molecule has 1 aliphatic rings. The van der Waals surface area contributed by atoms with Crippen LogP contribution in [0.15, 0.2) is 35.6 Å². The molecule has 2 aromatic rings. The third-order valence-corrected chi connectivity index (χ3v) is 4.36. The monoisotopic (exact) mass is 484 g/mol. The van der Waals surface area contributed by atoms with Crippen molar-refractivity contribution in [2.75, 3.05) is 13.1 Å².